The predicted octanol–water partition coefficient (Wildman–Crippen LogP) is 23.8. The number of rotatable bonds is 4. The zero-order chi connectivity index (χ0) is 61.3. The van der Waals surface area contributed by atoms with Gasteiger partial charge in [0.1, 0.15) is 16.8 Å². The minimum absolute atomic E-state index is 0.632. The SMILES string of the molecule is c1ccc2c(c1)Sc1cccc(-c3nc(-n4c5ccccc5c5c6sc7ccccc7c6c6ccccc6c54)nc4c3oc3ccccc34)c1S2.c1cncc(-c2nc(-n3c4ccccc4c4c5sc6ccccc6c5c5ccccc5c43)nc3c2sc2ccccc23)c1. The van der Waals surface area contributed by atoms with Crippen molar-refractivity contribution >= 4 is 205 Å². The highest BCUT2D eigenvalue weighted by Gasteiger charge is 2.29. The lowest BCUT2D eigenvalue weighted by molar-refractivity contribution is 0.666. The average molecular weight is 1290 g/mol. The van der Waals surface area contributed by atoms with Gasteiger partial charge in [0.15, 0.2) is 5.58 Å². The van der Waals surface area contributed by atoms with Crippen LogP contribution in [0.1, 0.15) is 0 Å². The van der Waals surface area contributed by atoms with Gasteiger partial charge in [-0.05, 0) is 83.6 Å². The van der Waals surface area contributed by atoms with Crippen molar-refractivity contribution in [1.82, 2.24) is 34.1 Å². The fourth-order valence-electron chi connectivity index (χ4n) is 14.6. The molecular weight excluding hydrogens is 1250 g/mol. The van der Waals surface area contributed by atoms with Gasteiger partial charge in [-0.3, -0.25) is 14.1 Å². The van der Waals surface area contributed by atoms with Crippen molar-refractivity contribution in [2.75, 3.05) is 0 Å². The van der Waals surface area contributed by atoms with Gasteiger partial charge in [-0.2, -0.15) is 0 Å². The molecule has 0 radical (unpaired) electrons. The molecule has 0 saturated heterocycles. The summed E-state index contributed by atoms with van der Waals surface area (Å²) in [7, 11) is 0. The molecule has 1 aliphatic heterocycles. The number of furan rings is 1. The molecule has 12 aromatic carbocycles. The predicted molar refractivity (Wildman–Crippen MR) is 397 cm³/mol. The molecule has 0 bridgehead atoms. The van der Waals surface area contributed by atoms with E-state index < -0.39 is 0 Å². The fourth-order valence-corrected chi connectivity index (χ4v) is 20.7. The first-order valence-electron chi connectivity index (χ1n) is 31.0. The Morgan fingerprint density at radius 3 is 1.43 bits per heavy atom. The molecule has 438 valence electrons. The molecular formula is C81H43N7OS5. The molecule has 21 aromatic rings. The van der Waals surface area contributed by atoms with Crippen molar-refractivity contribution < 1.29 is 4.42 Å². The summed E-state index contributed by atoms with van der Waals surface area (Å²) in [5, 5.41) is 17.1. The third-order valence-electron chi connectivity index (χ3n) is 18.6. The number of hydrogen-bond acceptors (Lipinski definition) is 11. The molecule has 1 aliphatic rings. The van der Waals surface area contributed by atoms with E-state index >= 15 is 0 Å². The second-order valence-corrected chi connectivity index (χ2v) is 29.0. The van der Waals surface area contributed by atoms with Crippen LogP contribution >= 0.6 is 57.5 Å². The summed E-state index contributed by atoms with van der Waals surface area (Å²) in [6, 6.07) is 88.5. The third kappa shape index (κ3) is 7.60. The molecule has 0 unspecified atom stereocenters. The first-order valence-corrected chi connectivity index (χ1v) is 35.1. The van der Waals surface area contributed by atoms with Gasteiger partial charge >= 0.3 is 0 Å². The van der Waals surface area contributed by atoms with E-state index in [2.05, 4.69) is 245 Å². The van der Waals surface area contributed by atoms with Crippen LogP contribution in [-0.2, 0) is 0 Å². The van der Waals surface area contributed by atoms with Crippen molar-refractivity contribution in [3.05, 3.63) is 261 Å². The Labute approximate surface area is 554 Å². The number of para-hydroxylation sites is 3. The van der Waals surface area contributed by atoms with Gasteiger partial charge in [-0.1, -0.05) is 199 Å². The lowest BCUT2D eigenvalue weighted by Gasteiger charge is -2.21. The van der Waals surface area contributed by atoms with Crippen LogP contribution in [0.3, 0.4) is 0 Å². The molecule has 0 atom stereocenters. The Hall–Kier alpha value is -10.8. The van der Waals surface area contributed by atoms with Gasteiger partial charge < -0.3 is 4.42 Å². The van der Waals surface area contributed by atoms with Crippen molar-refractivity contribution in [3.63, 3.8) is 0 Å². The minimum Gasteiger partial charge on any atom is -0.452 e. The maximum Gasteiger partial charge on any atom is 0.236 e. The molecule has 8 nitrogen and oxygen atoms in total. The van der Waals surface area contributed by atoms with Gasteiger partial charge in [-0.15, -0.1) is 34.0 Å². The molecule has 0 N–H and O–H groups in total. The van der Waals surface area contributed by atoms with Crippen molar-refractivity contribution in [2.24, 2.45) is 0 Å². The van der Waals surface area contributed by atoms with Crippen LogP contribution in [0.25, 0.3) is 182 Å². The van der Waals surface area contributed by atoms with Crippen LogP contribution in [0, 0.1) is 0 Å². The highest BCUT2D eigenvalue weighted by Crippen LogP contribution is 2.54. The molecule has 0 aliphatic carbocycles. The highest BCUT2D eigenvalue weighted by molar-refractivity contribution is 8.05. The van der Waals surface area contributed by atoms with E-state index in [0.29, 0.717) is 17.5 Å². The molecule has 10 heterocycles. The zero-order valence-corrected chi connectivity index (χ0v) is 53.5. The summed E-state index contributed by atoms with van der Waals surface area (Å²) in [5.41, 5.74) is 11.5. The summed E-state index contributed by atoms with van der Waals surface area (Å²) in [6.45, 7) is 0. The Morgan fingerprint density at radius 2 is 0.809 bits per heavy atom. The van der Waals surface area contributed by atoms with Crippen molar-refractivity contribution in [2.45, 2.75) is 19.6 Å². The van der Waals surface area contributed by atoms with E-state index in [9.17, 15) is 0 Å². The van der Waals surface area contributed by atoms with Gasteiger partial charge in [0.25, 0.3) is 0 Å². The smallest absolute Gasteiger partial charge is 0.236 e. The monoisotopic (exact) mass is 1290 g/mol. The number of nitrogens with zero attached hydrogens (tertiary/aromatic N) is 7. The summed E-state index contributed by atoms with van der Waals surface area (Å²) in [5.74, 6) is 1.30. The van der Waals surface area contributed by atoms with Crippen LogP contribution in [-0.4, -0.2) is 34.1 Å². The number of aromatic nitrogens is 7. The molecule has 0 amide bonds. The zero-order valence-electron chi connectivity index (χ0n) is 49.4. The quantitative estimate of drug-likeness (QED) is 0.172. The van der Waals surface area contributed by atoms with Gasteiger partial charge in [0, 0.05) is 131 Å². The number of pyridine rings is 1. The Morgan fingerprint density at radius 1 is 0.330 bits per heavy atom. The van der Waals surface area contributed by atoms with Crippen LogP contribution < -0.4 is 0 Å². The van der Waals surface area contributed by atoms with E-state index in [1.165, 1.54) is 108 Å². The Kier molecular flexibility index (Phi) is 11.4. The van der Waals surface area contributed by atoms with Crippen LogP contribution in [0.5, 0.6) is 0 Å². The van der Waals surface area contributed by atoms with E-state index in [4.69, 9.17) is 24.4 Å². The highest BCUT2D eigenvalue weighted by atomic mass is 32.2. The van der Waals surface area contributed by atoms with Gasteiger partial charge in [0.05, 0.1) is 38.0 Å². The molecule has 0 saturated carbocycles. The van der Waals surface area contributed by atoms with E-state index in [1.54, 1.807) is 23.1 Å². The maximum absolute atomic E-state index is 6.66. The first-order chi connectivity index (χ1) is 46.6. The molecule has 0 spiro atoms. The third-order valence-corrected chi connectivity index (χ3v) is 24.7. The fraction of sp³-hybridized carbons (Fsp3) is 0. The lowest BCUT2D eigenvalue weighted by atomic mass is 10.00. The Bertz CT molecular complexity index is 6840. The molecule has 9 aromatic heterocycles. The normalized spacial score (nSPS) is 12.6. The van der Waals surface area contributed by atoms with Crippen LogP contribution in [0.15, 0.2) is 285 Å². The standard InChI is InChI=1S/C44H23N3OS3.C37H20N4S2/c1-2-13-25-24(12-1)36-28-16-5-8-20-32(28)50-43(36)37-26-14-3-6-18-30(26)47(40(25)37)44-45-38-27-15-4-7-19-31(27)48-41(38)39(46-44)29-17-11-23-35-42(29)51-34-22-10-9-21-33(34)49-35;1-2-12-23-22(11-1)30-25-14-4-7-17-28(25)42-35(30)31-24-13-3-6-16-27(24)41(34(23)31)37-39-32(21-10-9-19-38-20-21)36-33(40-37)26-15-5-8-18-29(26)43-36/h1-23H;1-20H. The molecule has 94 heavy (non-hydrogen) atoms. The molecule has 22 rings (SSSR count). The molecule has 13 heteroatoms. The maximum atomic E-state index is 6.66. The number of thiophene rings is 3. The number of fused-ring (bicyclic) bond motifs is 28. The van der Waals surface area contributed by atoms with E-state index in [-0.39, 0.29) is 0 Å². The number of benzene rings is 12. The summed E-state index contributed by atoms with van der Waals surface area (Å²) in [6.07, 6.45) is 3.71. The largest absolute Gasteiger partial charge is 0.452 e. The topological polar surface area (TPSA) is 87.5 Å². The van der Waals surface area contributed by atoms with E-state index in [1.807, 2.05) is 65.0 Å². The van der Waals surface area contributed by atoms with Gasteiger partial charge in [-0.25, -0.2) is 19.9 Å². The van der Waals surface area contributed by atoms with Gasteiger partial charge in [0.2, 0.25) is 11.9 Å². The second-order valence-electron chi connectivity index (χ2n) is 23.7. The minimum atomic E-state index is 0.632. The van der Waals surface area contributed by atoms with Crippen molar-refractivity contribution in [1.29, 1.82) is 0 Å². The number of hydrogen-bond donors (Lipinski definition) is 0. The average Bonchev–Trinajstić information content (AvgIpc) is 1.54. The molecule has 0 fully saturated rings. The van der Waals surface area contributed by atoms with Crippen molar-refractivity contribution in [3.8, 4) is 34.4 Å². The van der Waals surface area contributed by atoms with Crippen LogP contribution in [0.2, 0.25) is 0 Å². The van der Waals surface area contributed by atoms with E-state index in [0.717, 1.165) is 76.7 Å². The first kappa shape index (κ1) is 52.8. The Balaban J connectivity index is 0.000000128. The summed E-state index contributed by atoms with van der Waals surface area (Å²) < 4.78 is 18.7. The summed E-state index contributed by atoms with van der Waals surface area (Å²) >= 11 is 9.11. The second kappa shape index (κ2) is 20.4. The summed E-state index contributed by atoms with van der Waals surface area (Å²) in [4.78, 5) is 31.1. The lowest BCUT2D eigenvalue weighted by Crippen LogP contribution is -2.04. The van der Waals surface area contributed by atoms with Crippen LogP contribution in [0.4, 0.5) is 0 Å².